The molecular formula is C16H11F2N5O3S2. The minimum absolute atomic E-state index is 0.00424. The van der Waals surface area contributed by atoms with E-state index in [0.717, 1.165) is 39.4 Å². The van der Waals surface area contributed by atoms with E-state index in [0.29, 0.717) is 9.84 Å². The van der Waals surface area contributed by atoms with Crippen LogP contribution in [0.25, 0.3) is 20.9 Å². The molecule has 8 nitrogen and oxygen atoms in total. The molecule has 3 heterocycles. The van der Waals surface area contributed by atoms with Gasteiger partial charge in [0.15, 0.2) is 27.9 Å². The largest absolute Gasteiger partial charge is 0.503 e. The molecule has 0 unspecified atom stereocenters. The van der Waals surface area contributed by atoms with E-state index in [4.69, 9.17) is 0 Å². The van der Waals surface area contributed by atoms with Crippen molar-refractivity contribution in [2.24, 2.45) is 0 Å². The molecule has 0 aliphatic heterocycles. The van der Waals surface area contributed by atoms with Gasteiger partial charge in [-0.25, -0.2) is 18.6 Å². The molecule has 0 saturated carbocycles. The fourth-order valence-electron chi connectivity index (χ4n) is 2.71. The molecule has 0 aliphatic carbocycles. The van der Waals surface area contributed by atoms with E-state index < -0.39 is 28.6 Å². The number of fused-ring (bicyclic) bond motifs is 1. The Kier molecular flexibility index (Phi) is 4.51. The number of rotatable bonds is 4. The number of aromatic nitrogens is 5. The molecule has 0 radical (unpaired) electrons. The number of aromatic hydroxyl groups is 1. The van der Waals surface area contributed by atoms with Crippen molar-refractivity contribution in [1.82, 2.24) is 24.3 Å². The topological polar surface area (TPSA) is 103 Å². The third-order valence-corrected chi connectivity index (χ3v) is 5.87. The molecule has 28 heavy (non-hydrogen) atoms. The van der Waals surface area contributed by atoms with Gasteiger partial charge >= 0.3 is 5.69 Å². The van der Waals surface area contributed by atoms with E-state index in [1.165, 1.54) is 10.1 Å². The Balaban J connectivity index is 1.79. The Morgan fingerprint density at radius 2 is 1.96 bits per heavy atom. The first kappa shape index (κ1) is 18.4. The summed E-state index contributed by atoms with van der Waals surface area (Å²) in [6.45, 7) is 1.87. The SMILES string of the molecule is CCn1c(=O)c2ncsc2n(Cc2nnc(-c3ccc(F)c(O)c3F)s2)c1=O. The van der Waals surface area contributed by atoms with Crippen molar-refractivity contribution in [3.63, 3.8) is 0 Å². The van der Waals surface area contributed by atoms with Gasteiger partial charge < -0.3 is 5.11 Å². The lowest BCUT2D eigenvalue weighted by molar-refractivity contribution is 0.397. The zero-order valence-corrected chi connectivity index (χ0v) is 15.9. The fourth-order valence-corrected chi connectivity index (χ4v) is 4.34. The van der Waals surface area contributed by atoms with Gasteiger partial charge in [-0.05, 0) is 19.1 Å². The minimum atomic E-state index is -1.13. The second-order valence-corrected chi connectivity index (χ2v) is 7.58. The molecule has 3 aromatic heterocycles. The summed E-state index contributed by atoms with van der Waals surface area (Å²) in [6.07, 6.45) is 0. The minimum Gasteiger partial charge on any atom is -0.503 e. The van der Waals surface area contributed by atoms with Crippen molar-refractivity contribution < 1.29 is 13.9 Å². The highest BCUT2D eigenvalue weighted by molar-refractivity contribution is 7.16. The summed E-state index contributed by atoms with van der Waals surface area (Å²) in [7, 11) is 0. The van der Waals surface area contributed by atoms with Crippen LogP contribution in [-0.2, 0) is 13.1 Å². The van der Waals surface area contributed by atoms with E-state index in [9.17, 15) is 23.5 Å². The van der Waals surface area contributed by atoms with Crippen molar-refractivity contribution in [3.05, 3.63) is 55.1 Å². The summed E-state index contributed by atoms with van der Waals surface area (Å²) < 4.78 is 29.8. The standard InChI is InChI=1S/C16H11F2N5O3S2/c1-2-22-14(25)11-15(27-6-19-11)23(16(22)26)5-9-20-21-13(28-9)7-3-4-8(17)12(24)10(7)18/h3-4,6,24H,2,5H2,1H3. The van der Waals surface area contributed by atoms with Gasteiger partial charge in [0.05, 0.1) is 17.6 Å². The highest BCUT2D eigenvalue weighted by atomic mass is 32.1. The van der Waals surface area contributed by atoms with Crippen LogP contribution in [0.2, 0.25) is 0 Å². The molecule has 12 heteroatoms. The van der Waals surface area contributed by atoms with Crippen LogP contribution in [0.3, 0.4) is 0 Å². The van der Waals surface area contributed by atoms with Gasteiger partial charge in [0, 0.05) is 6.54 Å². The van der Waals surface area contributed by atoms with Crippen molar-refractivity contribution in [2.45, 2.75) is 20.0 Å². The normalized spacial score (nSPS) is 11.4. The van der Waals surface area contributed by atoms with Crippen molar-refractivity contribution >= 4 is 33.0 Å². The number of halogens is 2. The molecule has 0 spiro atoms. The van der Waals surface area contributed by atoms with Gasteiger partial charge in [0.1, 0.15) is 9.84 Å². The van der Waals surface area contributed by atoms with Crippen LogP contribution in [-0.4, -0.2) is 29.4 Å². The van der Waals surface area contributed by atoms with Gasteiger partial charge in [0.25, 0.3) is 5.56 Å². The van der Waals surface area contributed by atoms with Crippen LogP contribution >= 0.6 is 22.7 Å². The van der Waals surface area contributed by atoms with Crippen LogP contribution in [0, 0.1) is 11.6 Å². The average molecular weight is 423 g/mol. The molecule has 1 N–H and O–H groups in total. The summed E-state index contributed by atoms with van der Waals surface area (Å²) in [5, 5.41) is 17.8. The van der Waals surface area contributed by atoms with Crippen molar-refractivity contribution in [2.75, 3.05) is 0 Å². The predicted octanol–water partition coefficient (Wildman–Crippen LogP) is 2.19. The first-order valence-corrected chi connectivity index (χ1v) is 9.68. The number of phenolic OH excluding ortho intramolecular Hbond substituents is 1. The summed E-state index contributed by atoms with van der Waals surface area (Å²) in [6, 6.07) is 2.08. The van der Waals surface area contributed by atoms with E-state index in [2.05, 4.69) is 15.2 Å². The van der Waals surface area contributed by atoms with Crippen LogP contribution in [0.4, 0.5) is 8.78 Å². The molecule has 0 atom stereocenters. The van der Waals surface area contributed by atoms with E-state index in [-0.39, 0.29) is 29.2 Å². The predicted molar refractivity (Wildman–Crippen MR) is 99.8 cm³/mol. The second kappa shape index (κ2) is 6.87. The Morgan fingerprint density at radius 3 is 2.71 bits per heavy atom. The van der Waals surface area contributed by atoms with E-state index in [1.54, 1.807) is 6.92 Å². The van der Waals surface area contributed by atoms with Gasteiger partial charge in [-0.15, -0.1) is 21.5 Å². The molecule has 0 amide bonds. The van der Waals surface area contributed by atoms with Gasteiger partial charge in [-0.2, -0.15) is 0 Å². The number of hydrogen-bond donors (Lipinski definition) is 1. The Labute approximate surface area is 163 Å². The molecule has 0 bridgehead atoms. The maximum atomic E-state index is 14.1. The maximum Gasteiger partial charge on any atom is 0.332 e. The van der Waals surface area contributed by atoms with Crippen molar-refractivity contribution in [1.29, 1.82) is 0 Å². The molecule has 4 aromatic rings. The smallest absolute Gasteiger partial charge is 0.332 e. The first-order chi connectivity index (χ1) is 13.4. The molecule has 0 aliphatic rings. The first-order valence-electron chi connectivity index (χ1n) is 7.99. The van der Waals surface area contributed by atoms with Gasteiger partial charge in [0.2, 0.25) is 0 Å². The lowest BCUT2D eigenvalue weighted by atomic mass is 10.2. The van der Waals surface area contributed by atoms with Crippen LogP contribution in [0.1, 0.15) is 11.9 Å². The number of thiazole rings is 1. The molecule has 0 saturated heterocycles. The van der Waals surface area contributed by atoms with E-state index in [1.807, 2.05) is 0 Å². The van der Waals surface area contributed by atoms with Crippen LogP contribution in [0.5, 0.6) is 5.75 Å². The maximum absolute atomic E-state index is 14.1. The zero-order valence-electron chi connectivity index (χ0n) is 14.2. The summed E-state index contributed by atoms with van der Waals surface area (Å²) in [4.78, 5) is 29.4. The van der Waals surface area contributed by atoms with Crippen molar-refractivity contribution in [3.8, 4) is 16.3 Å². The molecular weight excluding hydrogens is 412 g/mol. The Hall–Kier alpha value is -2.99. The zero-order chi connectivity index (χ0) is 20.0. The van der Waals surface area contributed by atoms with Crippen LogP contribution in [0.15, 0.2) is 27.2 Å². The highest BCUT2D eigenvalue weighted by Gasteiger charge is 2.19. The fraction of sp³-hybridized carbons (Fsp3) is 0.188. The third-order valence-electron chi connectivity index (χ3n) is 4.08. The summed E-state index contributed by atoms with van der Waals surface area (Å²) in [5.41, 5.74) is 0.597. The average Bonchev–Trinajstić information content (AvgIpc) is 3.33. The van der Waals surface area contributed by atoms with E-state index >= 15 is 0 Å². The number of hydrogen-bond acceptors (Lipinski definition) is 8. The second-order valence-electron chi connectivity index (χ2n) is 5.68. The summed E-state index contributed by atoms with van der Waals surface area (Å²) in [5.74, 6) is -3.30. The number of phenols is 1. The summed E-state index contributed by atoms with van der Waals surface area (Å²) >= 11 is 2.14. The monoisotopic (exact) mass is 423 g/mol. The molecule has 1 aromatic carbocycles. The van der Waals surface area contributed by atoms with Gasteiger partial charge in [-0.1, -0.05) is 11.3 Å². The Morgan fingerprint density at radius 1 is 1.18 bits per heavy atom. The number of nitrogens with zero attached hydrogens (tertiary/aromatic N) is 5. The van der Waals surface area contributed by atoms with Gasteiger partial charge in [-0.3, -0.25) is 13.9 Å². The Bertz CT molecular complexity index is 1320. The lowest BCUT2D eigenvalue weighted by Gasteiger charge is -2.08. The quantitative estimate of drug-likeness (QED) is 0.540. The lowest BCUT2D eigenvalue weighted by Crippen LogP contribution is -2.39. The molecule has 0 fully saturated rings. The number of benzene rings is 1. The third kappa shape index (κ3) is 2.81. The van der Waals surface area contributed by atoms with Crippen LogP contribution < -0.4 is 11.2 Å². The highest BCUT2D eigenvalue weighted by Crippen LogP contribution is 2.32. The molecule has 4 rings (SSSR count). The molecule has 144 valence electrons.